The molecule has 102 valence electrons. The van der Waals surface area contributed by atoms with Gasteiger partial charge in [0.15, 0.2) is 0 Å². The van der Waals surface area contributed by atoms with Gasteiger partial charge in [0.1, 0.15) is 5.78 Å². The third-order valence-corrected chi connectivity index (χ3v) is 5.93. The number of hydrogen-bond donors (Lipinski definition) is 0. The summed E-state index contributed by atoms with van der Waals surface area (Å²) in [6, 6.07) is 0. The Hall–Kier alpha value is -0.550. The van der Waals surface area contributed by atoms with Gasteiger partial charge in [0, 0.05) is 33.0 Å². The Morgan fingerprint density at radius 3 is 2.56 bits per heavy atom. The zero-order valence-corrected chi connectivity index (χ0v) is 12.3. The van der Waals surface area contributed by atoms with Crippen LogP contribution in [0.3, 0.4) is 0 Å². The summed E-state index contributed by atoms with van der Waals surface area (Å²) in [4.78, 5) is 27.9. The van der Waals surface area contributed by atoms with Crippen LogP contribution in [-0.2, 0) is 9.59 Å². The van der Waals surface area contributed by atoms with Crippen molar-refractivity contribution in [2.75, 3.05) is 27.2 Å². The first-order valence-corrected chi connectivity index (χ1v) is 7.52. The van der Waals surface area contributed by atoms with Crippen molar-refractivity contribution < 1.29 is 9.59 Å². The average Bonchev–Trinajstić information content (AvgIpc) is 2.59. The number of ketones is 1. The molecular formula is C13H22N2O2S. The van der Waals surface area contributed by atoms with Crippen molar-refractivity contribution in [3.8, 4) is 0 Å². The van der Waals surface area contributed by atoms with Gasteiger partial charge in [-0.3, -0.25) is 9.59 Å². The van der Waals surface area contributed by atoms with Gasteiger partial charge in [0.05, 0.1) is 10.1 Å². The van der Waals surface area contributed by atoms with Crippen LogP contribution < -0.4 is 0 Å². The van der Waals surface area contributed by atoms with Gasteiger partial charge in [-0.2, -0.15) is 0 Å². The molecule has 5 heteroatoms. The molecule has 0 saturated carbocycles. The quantitative estimate of drug-likeness (QED) is 0.776. The third kappa shape index (κ3) is 2.43. The van der Waals surface area contributed by atoms with Crippen LogP contribution in [0.2, 0.25) is 0 Å². The number of piperidine rings is 1. The molecule has 2 saturated heterocycles. The SMILES string of the molecule is CCC(=O)CC1SC2(CCN(C)CC2)N(C)C1=O. The molecule has 2 aliphatic heterocycles. The first-order chi connectivity index (χ1) is 8.48. The molecule has 0 aromatic rings. The second-order valence-corrected chi connectivity index (χ2v) is 6.91. The van der Waals surface area contributed by atoms with Crippen LogP contribution in [0.1, 0.15) is 32.6 Å². The van der Waals surface area contributed by atoms with E-state index in [0.29, 0.717) is 12.8 Å². The van der Waals surface area contributed by atoms with E-state index in [9.17, 15) is 9.59 Å². The van der Waals surface area contributed by atoms with Crippen LogP contribution in [0.25, 0.3) is 0 Å². The highest BCUT2D eigenvalue weighted by Gasteiger charge is 2.50. The van der Waals surface area contributed by atoms with Crippen LogP contribution in [0.5, 0.6) is 0 Å². The highest BCUT2D eigenvalue weighted by atomic mass is 32.2. The second-order valence-electron chi connectivity index (χ2n) is 5.35. The molecule has 0 aromatic carbocycles. The van der Waals surface area contributed by atoms with E-state index in [1.807, 2.05) is 18.9 Å². The van der Waals surface area contributed by atoms with Crippen LogP contribution in [0.15, 0.2) is 0 Å². The average molecular weight is 270 g/mol. The summed E-state index contributed by atoms with van der Waals surface area (Å²) in [6.07, 6.45) is 2.95. The summed E-state index contributed by atoms with van der Waals surface area (Å²) in [5.41, 5.74) is 0. The molecule has 0 radical (unpaired) electrons. The lowest BCUT2D eigenvalue weighted by Gasteiger charge is -2.41. The summed E-state index contributed by atoms with van der Waals surface area (Å²) in [5, 5.41) is -0.147. The molecule has 2 heterocycles. The number of amides is 1. The number of likely N-dealkylation sites (tertiary alicyclic amines) is 1. The topological polar surface area (TPSA) is 40.6 Å². The molecule has 1 spiro atoms. The molecule has 2 rings (SSSR count). The number of rotatable bonds is 3. The van der Waals surface area contributed by atoms with Gasteiger partial charge in [-0.25, -0.2) is 0 Å². The number of carbonyl (C=O) groups is 2. The Labute approximate surface area is 113 Å². The molecule has 0 aromatic heterocycles. The van der Waals surface area contributed by atoms with E-state index < -0.39 is 0 Å². The fourth-order valence-electron chi connectivity index (χ4n) is 2.71. The minimum atomic E-state index is -0.147. The molecule has 0 bridgehead atoms. The van der Waals surface area contributed by atoms with E-state index in [4.69, 9.17) is 0 Å². The van der Waals surface area contributed by atoms with Gasteiger partial charge >= 0.3 is 0 Å². The van der Waals surface area contributed by atoms with E-state index in [-0.39, 0.29) is 21.8 Å². The lowest BCUT2D eigenvalue weighted by molar-refractivity contribution is -0.133. The fraction of sp³-hybridized carbons (Fsp3) is 0.846. The number of hydrogen-bond acceptors (Lipinski definition) is 4. The Balaban J connectivity index is 2.07. The van der Waals surface area contributed by atoms with Gasteiger partial charge in [-0.15, -0.1) is 11.8 Å². The zero-order chi connectivity index (χ0) is 13.3. The van der Waals surface area contributed by atoms with Gasteiger partial charge < -0.3 is 9.80 Å². The molecule has 2 aliphatic rings. The van der Waals surface area contributed by atoms with Crippen LogP contribution >= 0.6 is 11.8 Å². The molecule has 1 unspecified atom stereocenters. The van der Waals surface area contributed by atoms with E-state index in [0.717, 1.165) is 25.9 Å². The molecule has 0 N–H and O–H groups in total. The molecular weight excluding hydrogens is 248 g/mol. The van der Waals surface area contributed by atoms with E-state index in [2.05, 4.69) is 11.9 Å². The maximum absolute atomic E-state index is 12.3. The van der Waals surface area contributed by atoms with Crippen molar-refractivity contribution in [3.05, 3.63) is 0 Å². The smallest absolute Gasteiger partial charge is 0.237 e. The standard InChI is InChI=1S/C13H22N2O2S/c1-4-10(16)9-11-12(17)15(3)13(18-11)5-7-14(2)8-6-13/h11H,4-9H2,1-3H3. The minimum absolute atomic E-state index is 0.0533. The van der Waals surface area contributed by atoms with Crippen LogP contribution in [-0.4, -0.2) is 58.8 Å². The van der Waals surface area contributed by atoms with Crippen molar-refractivity contribution in [3.63, 3.8) is 0 Å². The van der Waals surface area contributed by atoms with Crippen molar-refractivity contribution in [2.24, 2.45) is 0 Å². The molecule has 2 fully saturated rings. The van der Waals surface area contributed by atoms with Gasteiger partial charge in [0.25, 0.3) is 0 Å². The maximum Gasteiger partial charge on any atom is 0.237 e. The highest BCUT2D eigenvalue weighted by molar-refractivity contribution is 8.02. The van der Waals surface area contributed by atoms with Crippen molar-refractivity contribution in [1.82, 2.24) is 9.80 Å². The predicted octanol–water partition coefficient (Wildman–Crippen LogP) is 1.35. The number of nitrogens with zero attached hydrogens (tertiary/aromatic N) is 2. The third-order valence-electron chi connectivity index (χ3n) is 4.15. The predicted molar refractivity (Wildman–Crippen MR) is 73.5 cm³/mol. The molecule has 18 heavy (non-hydrogen) atoms. The zero-order valence-electron chi connectivity index (χ0n) is 11.4. The summed E-state index contributed by atoms with van der Waals surface area (Å²) in [7, 11) is 4.02. The van der Waals surface area contributed by atoms with E-state index in [1.165, 1.54) is 0 Å². The Morgan fingerprint density at radius 2 is 2.00 bits per heavy atom. The summed E-state index contributed by atoms with van der Waals surface area (Å²) < 4.78 is 0. The van der Waals surface area contributed by atoms with Crippen molar-refractivity contribution in [1.29, 1.82) is 0 Å². The normalized spacial score (nSPS) is 28.1. The lowest BCUT2D eigenvalue weighted by atomic mass is 10.0. The van der Waals surface area contributed by atoms with Gasteiger partial charge in [-0.05, 0) is 19.9 Å². The largest absolute Gasteiger partial charge is 0.330 e. The Bertz CT molecular complexity index is 351. The van der Waals surface area contributed by atoms with Crippen molar-refractivity contribution in [2.45, 2.75) is 42.7 Å². The minimum Gasteiger partial charge on any atom is -0.330 e. The summed E-state index contributed by atoms with van der Waals surface area (Å²) in [6.45, 7) is 3.92. The van der Waals surface area contributed by atoms with E-state index >= 15 is 0 Å². The molecule has 1 atom stereocenters. The number of carbonyl (C=O) groups excluding carboxylic acids is 2. The lowest BCUT2D eigenvalue weighted by Crippen LogP contribution is -2.49. The maximum atomic E-state index is 12.3. The first-order valence-electron chi connectivity index (χ1n) is 6.64. The van der Waals surface area contributed by atoms with Gasteiger partial charge in [-0.1, -0.05) is 6.92 Å². The number of thioether (sulfide) groups is 1. The molecule has 4 nitrogen and oxygen atoms in total. The fourth-order valence-corrected chi connectivity index (χ4v) is 4.44. The summed E-state index contributed by atoms with van der Waals surface area (Å²) in [5.74, 6) is 0.339. The van der Waals surface area contributed by atoms with Crippen molar-refractivity contribution >= 4 is 23.5 Å². The molecule has 1 amide bonds. The Kier molecular flexibility index (Phi) is 4.02. The van der Waals surface area contributed by atoms with Gasteiger partial charge in [0.2, 0.25) is 5.91 Å². The van der Waals surface area contributed by atoms with Crippen LogP contribution in [0, 0.1) is 0 Å². The first kappa shape index (κ1) is 13.9. The number of Topliss-reactive ketones (excluding diaryl/α,β-unsaturated/α-hetero) is 1. The monoisotopic (exact) mass is 270 g/mol. The molecule has 0 aliphatic carbocycles. The summed E-state index contributed by atoms with van der Waals surface area (Å²) >= 11 is 1.72. The highest BCUT2D eigenvalue weighted by Crippen LogP contribution is 2.47. The Morgan fingerprint density at radius 1 is 1.39 bits per heavy atom. The van der Waals surface area contributed by atoms with Crippen LogP contribution in [0.4, 0.5) is 0 Å². The second kappa shape index (κ2) is 5.21. The van der Waals surface area contributed by atoms with E-state index in [1.54, 1.807) is 11.8 Å².